The van der Waals surface area contributed by atoms with Crippen LogP contribution in [0.4, 0.5) is 0 Å². The summed E-state index contributed by atoms with van der Waals surface area (Å²) in [5, 5.41) is 10.3. The first-order valence-electron chi connectivity index (χ1n) is 6.34. The van der Waals surface area contributed by atoms with E-state index in [1.165, 1.54) is 5.56 Å². The second-order valence-electron chi connectivity index (χ2n) is 4.95. The van der Waals surface area contributed by atoms with Crippen molar-refractivity contribution in [2.75, 3.05) is 0 Å². The molecule has 3 heteroatoms. The van der Waals surface area contributed by atoms with E-state index in [9.17, 15) is 5.11 Å². The van der Waals surface area contributed by atoms with Gasteiger partial charge < -0.3 is 9.84 Å². The van der Waals surface area contributed by atoms with E-state index in [1.807, 2.05) is 30.3 Å². The lowest BCUT2D eigenvalue weighted by Crippen LogP contribution is -2.19. The molecule has 2 atom stereocenters. The summed E-state index contributed by atoms with van der Waals surface area (Å²) in [7, 11) is 0. The highest BCUT2D eigenvalue weighted by molar-refractivity contribution is 9.10. The second kappa shape index (κ2) is 4.99. The molecule has 2 aromatic rings. The van der Waals surface area contributed by atoms with E-state index in [2.05, 4.69) is 35.0 Å². The Kier molecular flexibility index (Phi) is 3.33. The average Bonchev–Trinajstić information content (AvgIpc) is 2.39. The molecule has 1 aliphatic rings. The molecule has 0 saturated heterocycles. The van der Waals surface area contributed by atoms with E-state index >= 15 is 0 Å². The molecule has 0 bridgehead atoms. The number of aryl methyl sites for hydroxylation is 1. The van der Waals surface area contributed by atoms with Crippen LogP contribution >= 0.6 is 15.9 Å². The molecule has 1 N–H and O–H groups in total. The molecular weight excluding hydrogens is 304 g/mol. The Hall–Kier alpha value is -1.32. The van der Waals surface area contributed by atoms with Crippen molar-refractivity contribution in [1.82, 2.24) is 0 Å². The van der Waals surface area contributed by atoms with Gasteiger partial charge in [0.05, 0.1) is 6.10 Å². The van der Waals surface area contributed by atoms with E-state index in [0.717, 1.165) is 21.3 Å². The van der Waals surface area contributed by atoms with Gasteiger partial charge in [0.25, 0.3) is 0 Å². The van der Waals surface area contributed by atoms with Crippen molar-refractivity contribution in [3.63, 3.8) is 0 Å². The van der Waals surface area contributed by atoms with Crippen molar-refractivity contribution in [2.45, 2.75) is 25.6 Å². The fourth-order valence-electron chi connectivity index (χ4n) is 2.49. The van der Waals surface area contributed by atoms with Crippen LogP contribution in [0, 0.1) is 6.92 Å². The van der Waals surface area contributed by atoms with Crippen molar-refractivity contribution >= 4 is 15.9 Å². The Morgan fingerprint density at radius 3 is 2.84 bits per heavy atom. The summed E-state index contributed by atoms with van der Waals surface area (Å²) in [4.78, 5) is 0. The molecule has 2 nitrogen and oxygen atoms in total. The molecule has 2 unspecified atom stereocenters. The molecular formula is C16H15BrO2. The van der Waals surface area contributed by atoms with Gasteiger partial charge in [-0.15, -0.1) is 0 Å². The molecule has 0 radical (unpaired) electrons. The Labute approximate surface area is 121 Å². The number of rotatable bonds is 1. The monoisotopic (exact) mass is 318 g/mol. The molecule has 2 aromatic carbocycles. The highest BCUT2D eigenvalue weighted by Gasteiger charge is 2.28. The minimum absolute atomic E-state index is 0.0800. The van der Waals surface area contributed by atoms with Gasteiger partial charge in [-0.1, -0.05) is 45.8 Å². The number of ether oxygens (including phenoxy) is 1. The number of halogens is 1. The number of aliphatic hydroxyl groups excluding tert-OH is 1. The van der Waals surface area contributed by atoms with Gasteiger partial charge in [0, 0.05) is 16.5 Å². The molecule has 0 aromatic heterocycles. The van der Waals surface area contributed by atoms with Gasteiger partial charge in [0.2, 0.25) is 0 Å². The van der Waals surface area contributed by atoms with E-state index < -0.39 is 6.10 Å². The van der Waals surface area contributed by atoms with Crippen LogP contribution in [0.2, 0.25) is 0 Å². The van der Waals surface area contributed by atoms with E-state index in [4.69, 9.17) is 4.74 Å². The number of hydrogen-bond acceptors (Lipinski definition) is 2. The minimum Gasteiger partial charge on any atom is -0.485 e. The van der Waals surface area contributed by atoms with Crippen molar-refractivity contribution in [2.24, 2.45) is 0 Å². The third kappa shape index (κ3) is 2.53. The number of fused-ring (bicyclic) bond motifs is 1. The fourth-order valence-corrected chi connectivity index (χ4v) is 2.87. The maximum atomic E-state index is 10.3. The predicted octanol–water partition coefficient (Wildman–Crippen LogP) is 4.31. The first-order valence-corrected chi connectivity index (χ1v) is 7.13. The van der Waals surface area contributed by atoms with Crippen LogP contribution in [-0.4, -0.2) is 5.11 Å². The molecule has 0 amide bonds. The smallest absolute Gasteiger partial charge is 0.127 e. The van der Waals surface area contributed by atoms with Crippen LogP contribution < -0.4 is 4.74 Å². The molecule has 0 spiro atoms. The molecule has 0 saturated carbocycles. The van der Waals surface area contributed by atoms with E-state index in [1.54, 1.807) is 0 Å². The second-order valence-corrected chi connectivity index (χ2v) is 5.87. The van der Waals surface area contributed by atoms with Crippen LogP contribution in [0.15, 0.2) is 46.9 Å². The Morgan fingerprint density at radius 2 is 2.05 bits per heavy atom. The zero-order valence-corrected chi connectivity index (χ0v) is 12.2. The van der Waals surface area contributed by atoms with Crippen LogP contribution in [0.1, 0.15) is 35.3 Å². The standard InChI is InChI=1S/C16H15BrO2/c1-10-3-2-4-11(7-10)16-9-14(18)13-8-12(17)5-6-15(13)19-16/h2-8,14,16,18H,9H2,1H3. The lowest BCUT2D eigenvalue weighted by atomic mass is 9.94. The third-order valence-corrected chi connectivity index (χ3v) is 3.94. The zero-order valence-electron chi connectivity index (χ0n) is 10.6. The minimum atomic E-state index is -0.480. The SMILES string of the molecule is Cc1cccc(C2CC(O)c3cc(Br)ccc3O2)c1. The van der Waals surface area contributed by atoms with Crippen molar-refractivity contribution in [3.8, 4) is 5.75 Å². The summed E-state index contributed by atoms with van der Waals surface area (Å²) in [6.45, 7) is 2.06. The quantitative estimate of drug-likeness (QED) is 0.848. The van der Waals surface area contributed by atoms with Crippen molar-refractivity contribution in [3.05, 3.63) is 63.6 Å². The van der Waals surface area contributed by atoms with Gasteiger partial charge in [0.1, 0.15) is 11.9 Å². The zero-order chi connectivity index (χ0) is 13.4. The summed E-state index contributed by atoms with van der Waals surface area (Å²) in [5.41, 5.74) is 3.18. The van der Waals surface area contributed by atoms with Crippen LogP contribution in [0.3, 0.4) is 0 Å². The molecule has 3 rings (SSSR count). The fraction of sp³-hybridized carbons (Fsp3) is 0.250. The summed E-state index contributed by atoms with van der Waals surface area (Å²) < 4.78 is 6.98. The topological polar surface area (TPSA) is 29.5 Å². The Morgan fingerprint density at radius 1 is 1.21 bits per heavy atom. The molecule has 19 heavy (non-hydrogen) atoms. The predicted molar refractivity (Wildman–Crippen MR) is 78.3 cm³/mol. The Bertz CT molecular complexity index is 609. The third-order valence-electron chi connectivity index (χ3n) is 3.45. The number of benzene rings is 2. The van der Waals surface area contributed by atoms with Crippen LogP contribution in [-0.2, 0) is 0 Å². The molecule has 1 heterocycles. The van der Waals surface area contributed by atoms with E-state index in [0.29, 0.717) is 6.42 Å². The first-order chi connectivity index (χ1) is 9.13. The van der Waals surface area contributed by atoms with Gasteiger partial charge in [-0.3, -0.25) is 0 Å². The highest BCUT2D eigenvalue weighted by atomic mass is 79.9. The van der Waals surface area contributed by atoms with Crippen molar-refractivity contribution in [1.29, 1.82) is 0 Å². The average molecular weight is 319 g/mol. The summed E-state index contributed by atoms with van der Waals surface area (Å²) >= 11 is 3.42. The number of hydrogen-bond donors (Lipinski definition) is 1. The van der Waals surface area contributed by atoms with E-state index in [-0.39, 0.29) is 6.10 Å². The molecule has 1 aliphatic heterocycles. The van der Waals surface area contributed by atoms with Gasteiger partial charge in [0.15, 0.2) is 0 Å². The lowest BCUT2D eigenvalue weighted by Gasteiger charge is -2.30. The van der Waals surface area contributed by atoms with Gasteiger partial charge >= 0.3 is 0 Å². The van der Waals surface area contributed by atoms with Gasteiger partial charge in [-0.2, -0.15) is 0 Å². The van der Waals surface area contributed by atoms with Gasteiger partial charge in [-0.25, -0.2) is 0 Å². The maximum Gasteiger partial charge on any atom is 0.127 e. The Balaban J connectivity index is 1.95. The summed E-state index contributed by atoms with van der Waals surface area (Å²) in [6, 6.07) is 14.0. The van der Waals surface area contributed by atoms with Gasteiger partial charge in [-0.05, 0) is 30.7 Å². The normalized spacial score (nSPS) is 21.6. The molecule has 0 aliphatic carbocycles. The highest BCUT2D eigenvalue weighted by Crippen LogP contribution is 2.41. The van der Waals surface area contributed by atoms with Crippen LogP contribution in [0.5, 0.6) is 5.75 Å². The molecule has 0 fully saturated rings. The summed E-state index contributed by atoms with van der Waals surface area (Å²) in [5.74, 6) is 0.772. The summed E-state index contributed by atoms with van der Waals surface area (Å²) in [6.07, 6.45) is 0.0303. The maximum absolute atomic E-state index is 10.3. The van der Waals surface area contributed by atoms with Crippen LogP contribution in [0.25, 0.3) is 0 Å². The number of aliphatic hydroxyl groups is 1. The largest absolute Gasteiger partial charge is 0.485 e. The van der Waals surface area contributed by atoms with Crippen molar-refractivity contribution < 1.29 is 9.84 Å². The molecule has 98 valence electrons. The first kappa shape index (κ1) is 12.7. The lowest BCUT2D eigenvalue weighted by molar-refractivity contribution is 0.0656.